The number of nitrogens with zero attached hydrogens (tertiary/aromatic N) is 2. The zero-order valence-electron chi connectivity index (χ0n) is 9.58. The number of benzene rings is 1. The normalized spacial score (nSPS) is 10.5. The predicted molar refractivity (Wildman–Crippen MR) is 66.7 cm³/mol. The van der Waals surface area contributed by atoms with Gasteiger partial charge in [-0.25, -0.2) is 9.97 Å². The number of hydrogen-bond acceptors (Lipinski definition) is 2. The standard InChI is InChI=1S/C13H13ClN2/c1-8-6-10(3)11(7-9(8)2)12-4-5-15-13(14)16-12/h4-7H,1-3H3. The molecule has 0 radical (unpaired) electrons. The first-order chi connectivity index (χ1) is 7.58. The van der Waals surface area contributed by atoms with Crippen molar-refractivity contribution in [3.8, 4) is 11.3 Å². The topological polar surface area (TPSA) is 25.8 Å². The van der Waals surface area contributed by atoms with Crippen LogP contribution in [0.25, 0.3) is 11.3 Å². The molecule has 2 nitrogen and oxygen atoms in total. The van der Waals surface area contributed by atoms with Crippen LogP contribution in [0.5, 0.6) is 0 Å². The summed E-state index contributed by atoms with van der Waals surface area (Å²) in [5.74, 6) is 0. The smallest absolute Gasteiger partial charge is 0.222 e. The van der Waals surface area contributed by atoms with E-state index in [-0.39, 0.29) is 5.28 Å². The summed E-state index contributed by atoms with van der Waals surface area (Å²) in [5, 5.41) is 0.287. The molecule has 0 fully saturated rings. The fourth-order valence-electron chi connectivity index (χ4n) is 1.72. The van der Waals surface area contributed by atoms with Crippen LogP contribution < -0.4 is 0 Å². The molecule has 0 amide bonds. The van der Waals surface area contributed by atoms with Gasteiger partial charge in [0.1, 0.15) is 0 Å². The van der Waals surface area contributed by atoms with Crippen LogP contribution in [0.15, 0.2) is 24.4 Å². The molecule has 0 spiro atoms. The summed E-state index contributed by atoms with van der Waals surface area (Å²) < 4.78 is 0. The Bertz CT molecular complexity index is 535. The predicted octanol–water partition coefficient (Wildman–Crippen LogP) is 3.72. The maximum absolute atomic E-state index is 5.80. The van der Waals surface area contributed by atoms with Crippen LogP contribution in [0, 0.1) is 20.8 Å². The van der Waals surface area contributed by atoms with Crippen molar-refractivity contribution in [3.63, 3.8) is 0 Å². The second-order valence-corrected chi connectivity index (χ2v) is 4.30. The van der Waals surface area contributed by atoms with E-state index in [4.69, 9.17) is 11.6 Å². The summed E-state index contributed by atoms with van der Waals surface area (Å²) in [4.78, 5) is 8.12. The van der Waals surface area contributed by atoms with E-state index in [1.807, 2.05) is 6.07 Å². The van der Waals surface area contributed by atoms with Crippen LogP contribution in [0.1, 0.15) is 16.7 Å². The number of aromatic nitrogens is 2. The van der Waals surface area contributed by atoms with Crippen molar-refractivity contribution < 1.29 is 0 Å². The Labute approximate surface area is 100 Å². The van der Waals surface area contributed by atoms with Crippen molar-refractivity contribution in [1.29, 1.82) is 0 Å². The summed E-state index contributed by atoms with van der Waals surface area (Å²) >= 11 is 5.80. The molecular weight excluding hydrogens is 220 g/mol. The van der Waals surface area contributed by atoms with E-state index in [9.17, 15) is 0 Å². The van der Waals surface area contributed by atoms with E-state index in [1.165, 1.54) is 16.7 Å². The summed E-state index contributed by atoms with van der Waals surface area (Å²) in [6.07, 6.45) is 1.68. The van der Waals surface area contributed by atoms with Crippen LogP contribution in [0.2, 0.25) is 5.28 Å². The molecule has 2 aromatic rings. The van der Waals surface area contributed by atoms with Gasteiger partial charge in [0.15, 0.2) is 0 Å². The minimum atomic E-state index is 0.287. The largest absolute Gasteiger partial charge is 0.226 e. The van der Waals surface area contributed by atoms with Crippen LogP contribution in [-0.2, 0) is 0 Å². The Morgan fingerprint density at radius 2 is 1.69 bits per heavy atom. The molecule has 3 heteroatoms. The minimum Gasteiger partial charge on any atom is -0.226 e. The highest BCUT2D eigenvalue weighted by Gasteiger charge is 2.06. The zero-order chi connectivity index (χ0) is 11.7. The molecule has 0 unspecified atom stereocenters. The monoisotopic (exact) mass is 232 g/mol. The lowest BCUT2D eigenvalue weighted by atomic mass is 9.99. The molecule has 1 aromatic heterocycles. The molecule has 0 aliphatic heterocycles. The molecule has 0 saturated carbocycles. The lowest BCUT2D eigenvalue weighted by Crippen LogP contribution is -1.92. The molecule has 0 bridgehead atoms. The SMILES string of the molecule is Cc1cc(C)c(-c2ccnc(Cl)n2)cc1C. The molecular formula is C13H13ClN2. The Hall–Kier alpha value is -1.41. The molecule has 0 atom stereocenters. The average Bonchev–Trinajstić information content (AvgIpc) is 2.23. The number of rotatable bonds is 1. The highest BCUT2D eigenvalue weighted by molar-refractivity contribution is 6.28. The molecule has 0 N–H and O–H groups in total. The third-order valence-electron chi connectivity index (χ3n) is 2.74. The Morgan fingerprint density at radius 3 is 2.38 bits per heavy atom. The highest BCUT2D eigenvalue weighted by Crippen LogP contribution is 2.25. The average molecular weight is 233 g/mol. The van der Waals surface area contributed by atoms with Crippen LogP contribution in [-0.4, -0.2) is 9.97 Å². The number of aryl methyl sites for hydroxylation is 3. The first-order valence-electron chi connectivity index (χ1n) is 5.14. The molecule has 0 aliphatic carbocycles. The lowest BCUT2D eigenvalue weighted by Gasteiger charge is -2.09. The third-order valence-corrected chi connectivity index (χ3v) is 2.92. The van der Waals surface area contributed by atoms with E-state index in [0.717, 1.165) is 11.3 Å². The molecule has 0 saturated heterocycles. The second-order valence-electron chi connectivity index (χ2n) is 3.96. The van der Waals surface area contributed by atoms with Crippen molar-refractivity contribution in [3.05, 3.63) is 46.4 Å². The van der Waals surface area contributed by atoms with Gasteiger partial charge in [0, 0.05) is 11.8 Å². The van der Waals surface area contributed by atoms with Gasteiger partial charge >= 0.3 is 0 Å². The Balaban J connectivity index is 2.60. The first-order valence-corrected chi connectivity index (χ1v) is 5.52. The van der Waals surface area contributed by atoms with Gasteiger partial charge in [0.25, 0.3) is 0 Å². The first kappa shape index (κ1) is 11.1. The summed E-state index contributed by atoms with van der Waals surface area (Å²) in [6.45, 7) is 6.29. The van der Waals surface area contributed by atoms with Gasteiger partial charge in [-0.05, 0) is 61.2 Å². The van der Waals surface area contributed by atoms with Crippen molar-refractivity contribution in [2.45, 2.75) is 20.8 Å². The molecule has 16 heavy (non-hydrogen) atoms. The van der Waals surface area contributed by atoms with Crippen molar-refractivity contribution in [2.75, 3.05) is 0 Å². The second kappa shape index (κ2) is 4.22. The maximum Gasteiger partial charge on any atom is 0.222 e. The van der Waals surface area contributed by atoms with E-state index in [0.29, 0.717) is 0 Å². The fraction of sp³-hybridized carbons (Fsp3) is 0.231. The summed E-state index contributed by atoms with van der Waals surface area (Å²) in [5.41, 5.74) is 5.75. The van der Waals surface area contributed by atoms with Crippen molar-refractivity contribution in [2.24, 2.45) is 0 Å². The van der Waals surface area contributed by atoms with Crippen LogP contribution >= 0.6 is 11.6 Å². The molecule has 2 rings (SSSR count). The van der Waals surface area contributed by atoms with E-state index < -0.39 is 0 Å². The molecule has 1 heterocycles. The van der Waals surface area contributed by atoms with Gasteiger partial charge < -0.3 is 0 Å². The van der Waals surface area contributed by atoms with Gasteiger partial charge in [0.2, 0.25) is 5.28 Å². The van der Waals surface area contributed by atoms with Crippen LogP contribution in [0.3, 0.4) is 0 Å². The number of hydrogen-bond donors (Lipinski definition) is 0. The lowest BCUT2D eigenvalue weighted by molar-refractivity contribution is 1.16. The Morgan fingerprint density at radius 1 is 1.00 bits per heavy atom. The zero-order valence-corrected chi connectivity index (χ0v) is 10.3. The highest BCUT2D eigenvalue weighted by atomic mass is 35.5. The van der Waals surface area contributed by atoms with E-state index in [2.05, 4.69) is 42.9 Å². The Kier molecular flexibility index (Phi) is 2.92. The van der Waals surface area contributed by atoms with E-state index in [1.54, 1.807) is 6.20 Å². The number of halogens is 1. The third kappa shape index (κ3) is 2.07. The van der Waals surface area contributed by atoms with Crippen molar-refractivity contribution >= 4 is 11.6 Å². The maximum atomic E-state index is 5.80. The van der Waals surface area contributed by atoms with Crippen LogP contribution in [0.4, 0.5) is 0 Å². The molecule has 0 aliphatic rings. The van der Waals surface area contributed by atoms with Gasteiger partial charge in [-0.1, -0.05) is 6.07 Å². The molecule has 1 aromatic carbocycles. The van der Waals surface area contributed by atoms with Gasteiger partial charge in [-0.15, -0.1) is 0 Å². The minimum absolute atomic E-state index is 0.287. The summed E-state index contributed by atoms with van der Waals surface area (Å²) in [6, 6.07) is 6.19. The fourth-order valence-corrected chi connectivity index (χ4v) is 1.87. The van der Waals surface area contributed by atoms with Crippen molar-refractivity contribution in [1.82, 2.24) is 9.97 Å². The van der Waals surface area contributed by atoms with Gasteiger partial charge in [-0.3, -0.25) is 0 Å². The molecule has 82 valence electrons. The van der Waals surface area contributed by atoms with Gasteiger partial charge in [0.05, 0.1) is 5.69 Å². The quantitative estimate of drug-likeness (QED) is 0.701. The summed E-state index contributed by atoms with van der Waals surface area (Å²) in [7, 11) is 0. The van der Waals surface area contributed by atoms with Gasteiger partial charge in [-0.2, -0.15) is 0 Å². The van der Waals surface area contributed by atoms with E-state index >= 15 is 0 Å².